The summed E-state index contributed by atoms with van der Waals surface area (Å²) in [6.07, 6.45) is 0. The average Bonchev–Trinajstić information content (AvgIpc) is 2.49. The van der Waals surface area contributed by atoms with Gasteiger partial charge in [0.15, 0.2) is 0 Å². The SMILES string of the molecule is CCOc1ccc(NS(=O)(=O)c2ccc(F)c([N+](=O)[O-])c2)cc1. The van der Waals surface area contributed by atoms with Crippen LogP contribution in [0.4, 0.5) is 15.8 Å². The standard InChI is InChI=1S/C14H13FN2O5S/c1-2-22-11-5-3-10(4-6-11)16-23(20,21)12-7-8-13(15)14(9-12)17(18)19/h3-9,16H,2H2,1H3. The zero-order valence-electron chi connectivity index (χ0n) is 12.0. The number of nitrogens with zero attached hydrogens (tertiary/aromatic N) is 1. The monoisotopic (exact) mass is 340 g/mol. The van der Waals surface area contributed by atoms with Gasteiger partial charge in [-0.15, -0.1) is 0 Å². The zero-order chi connectivity index (χ0) is 17.0. The van der Waals surface area contributed by atoms with E-state index < -0.39 is 31.3 Å². The van der Waals surface area contributed by atoms with Crippen molar-refractivity contribution in [2.24, 2.45) is 0 Å². The molecule has 122 valence electrons. The number of benzene rings is 2. The number of nitrogens with one attached hydrogen (secondary N) is 1. The van der Waals surface area contributed by atoms with Gasteiger partial charge in [0, 0.05) is 11.8 Å². The van der Waals surface area contributed by atoms with Crippen LogP contribution in [0.15, 0.2) is 47.4 Å². The molecule has 0 radical (unpaired) electrons. The Balaban J connectivity index is 2.28. The molecule has 0 saturated heterocycles. The number of hydrogen-bond acceptors (Lipinski definition) is 5. The molecule has 0 fully saturated rings. The fourth-order valence-corrected chi connectivity index (χ4v) is 2.88. The number of sulfonamides is 1. The third-order valence-electron chi connectivity index (χ3n) is 2.84. The summed E-state index contributed by atoms with van der Waals surface area (Å²) in [5, 5.41) is 10.7. The van der Waals surface area contributed by atoms with Crippen LogP contribution < -0.4 is 9.46 Å². The number of rotatable bonds is 6. The molecule has 0 aliphatic carbocycles. The maximum absolute atomic E-state index is 13.3. The van der Waals surface area contributed by atoms with Gasteiger partial charge < -0.3 is 4.74 Å². The second kappa shape index (κ2) is 6.61. The zero-order valence-corrected chi connectivity index (χ0v) is 12.8. The van der Waals surface area contributed by atoms with E-state index in [1.165, 1.54) is 12.1 Å². The average molecular weight is 340 g/mol. The summed E-state index contributed by atoms with van der Waals surface area (Å²) in [5.41, 5.74) is -0.653. The molecule has 0 saturated carbocycles. The molecule has 7 nitrogen and oxygen atoms in total. The number of nitro groups is 1. The minimum absolute atomic E-state index is 0.250. The number of ether oxygens (including phenoxy) is 1. The molecule has 1 N–H and O–H groups in total. The van der Waals surface area contributed by atoms with Crippen LogP contribution in [0, 0.1) is 15.9 Å². The van der Waals surface area contributed by atoms with E-state index >= 15 is 0 Å². The van der Waals surface area contributed by atoms with Gasteiger partial charge in [0.05, 0.1) is 16.4 Å². The van der Waals surface area contributed by atoms with Crippen LogP contribution in [0.25, 0.3) is 0 Å². The molecule has 2 rings (SSSR count). The Morgan fingerprint density at radius 2 is 1.87 bits per heavy atom. The van der Waals surface area contributed by atoms with Crippen LogP contribution in [0.5, 0.6) is 5.75 Å². The molecular weight excluding hydrogens is 327 g/mol. The highest BCUT2D eigenvalue weighted by Crippen LogP contribution is 2.24. The second-order valence-corrected chi connectivity index (χ2v) is 6.12. The van der Waals surface area contributed by atoms with Gasteiger partial charge in [0.25, 0.3) is 10.0 Å². The van der Waals surface area contributed by atoms with E-state index in [9.17, 15) is 22.9 Å². The Bertz CT molecular complexity index is 822. The van der Waals surface area contributed by atoms with Crippen molar-refractivity contribution in [3.8, 4) is 5.75 Å². The highest BCUT2D eigenvalue weighted by molar-refractivity contribution is 7.92. The van der Waals surface area contributed by atoms with Crippen molar-refractivity contribution in [1.82, 2.24) is 0 Å². The molecule has 2 aromatic rings. The Morgan fingerprint density at radius 3 is 2.43 bits per heavy atom. The first-order valence-electron chi connectivity index (χ1n) is 6.53. The number of anilines is 1. The third-order valence-corrected chi connectivity index (χ3v) is 4.22. The lowest BCUT2D eigenvalue weighted by molar-refractivity contribution is -0.387. The van der Waals surface area contributed by atoms with Crippen molar-refractivity contribution in [2.75, 3.05) is 11.3 Å². The first kappa shape index (κ1) is 16.7. The van der Waals surface area contributed by atoms with Crippen molar-refractivity contribution in [3.63, 3.8) is 0 Å². The Kier molecular flexibility index (Phi) is 4.80. The van der Waals surface area contributed by atoms with E-state index in [-0.39, 0.29) is 5.69 Å². The minimum atomic E-state index is -4.07. The third kappa shape index (κ3) is 3.95. The summed E-state index contributed by atoms with van der Waals surface area (Å²) in [4.78, 5) is 9.31. The fraction of sp³-hybridized carbons (Fsp3) is 0.143. The normalized spacial score (nSPS) is 11.0. The second-order valence-electron chi connectivity index (χ2n) is 4.43. The van der Waals surface area contributed by atoms with Crippen molar-refractivity contribution in [2.45, 2.75) is 11.8 Å². The summed E-state index contributed by atoms with van der Waals surface area (Å²) in [7, 11) is -4.07. The summed E-state index contributed by atoms with van der Waals surface area (Å²) >= 11 is 0. The lowest BCUT2D eigenvalue weighted by atomic mass is 10.3. The molecule has 0 atom stereocenters. The molecule has 0 aromatic heterocycles. The summed E-state index contributed by atoms with van der Waals surface area (Å²) in [6.45, 7) is 2.29. The highest BCUT2D eigenvalue weighted by Gasteiger charge is 2.21. The molecule has 0 aliphatic rings. The van der Waals surface area contributed by atoms with Crippen LogP contribution in [-0.2, 0) is 10.0 Å². The van der Waals surface area contributed by atoms with Gasteiger partial charge in [-0.1, -0.05) is 0 Å². The van der Waals surface area contributed by atoms with Gasteiger partial charge in [0.1, 0.15) is 5.75 Å². The van der Waals surface area contributed by atoms with Crippen LogP contribution in [0.2, 0.25) is 0 Å². The Labute approximate surface area is 131 Å². The predicted molar refractivity (Wildman–Crippen MR) is 81.5 cm³/mol. The van der Waals surface area contributed by atoms with Crippen LogP contribution in [0.3, 0.4) is 0 Å². The van der Waals surface area contributed by atoms with E-state index in [0.29, 0.717) is 18.4 Å². The lowest BCUT2D eigenvalue weighted by Gasteiger charge is -2.09. The quantitative estimate of drug-likeness (QED) is 0.644. The van der Waals surface area contributed by atoms with Crippen molar-refractivity contribution in [3.05, 3.63) is 58.4 Å². The van der Waals surface area contributed by atoms with Gasteiger partial charge in [-0.3, -0.25) is 14.8 Å². The predicted octanol–water partition coefficient (Wildman–Crippen LogP) is 2.93. The summed E-state index contributed by atoms with van der Waals surface area (Å²) in [6, 6.07) is 8.50. The topological polar surface area (TPSA) is 98.5 Å². The smallest absolute Gasteiger partial charge is 0.306 e. The first-order chi connectivity index (χ1) is 10.8. The fourth-order valence-electron chi connectivity index (χ4n) is 1.80. The summed E-state index contributed by atoms with van der Waals surface area (Å²) in [5.74, 6) is -0.525. The Hall–Kier alpha value is -2.68. The van der Waals surface area contributed by atoms with E-state index in [1.54, 1.807) is 12.1 Å². The van der Waals surface area contributed by atoms with Crippen LogP contribution in [-0.4, -0.2) is 19.9 Å². The molecule has 0 spiro atoms. The van der Waals surface area contributed by atoms with Gasteiger partial charge in [0.2, 0.25) is 5.82 Å². The van der Waals surface area contributed by atoms with Crippen molar-refractivity contribution < 1.29 is 22.5 Å². The molecule has 0 amide bonds. The highest BCUT2D eigenvalue weighted by atomic mass is 32.2. The maximum atomic E-state index is 13.3. The van der Waals surface area contributed by atoms with E-state index in [1.807, 2.05) is 6.92 Å². The minimum Gasteiger partial charge on any atom is -0.494 e. The van der Waals surface area contributed by atoms with E-state index in [4.69, 9.17) is 4.74 Å². The van der Waals surface area contributed by atoms with Gasteiger partial charge in [-0.25, -0.2) is 8.42 Å². The first-order valence-corrected chi connectivity index (χ1v) is 8.01. The molecule has 9 heteroatoms. The maximum Gasteiger partial charge on any atom is 0.306 e. The van der Waals surface area contributed by atoms with E-state index in [0.717, 1.165) is 12.1 Å². The molecular formula is C14H13FN2O5S. The largest absolute Gasteiger partial charge is 0.494 e. The number of hydrogen-bond donors (Lipinski definition) is 1. The van der Waals surface area contributed by atoms with Gasteiger partial charge in [-0.2, -0.15) is 4.39 Å². The molecule has 23 heavy (non-hydrogen) atoms. The molecule has 2 aromatic carbocycles. The molecule has 0 heterocycles. The summed E-state index contributed by atoms with van der Waals surface area (Å²) < 4.78 is 45.2. The number of halogens is 1. The van der Waals surface area contributed by atoms with Crippen LogP contribution in [0.1, 0.15) is 6.92 Å². The van der Waals surface area contributed by atoms with Crippen LogP contribution >= 0.6 is 0 Å². The number of nitro benzene ring substituents is 1. The lowest BCUT2D eigenvalue weighted by Crippen LogP contribution is -2.13. The molecule has 0 aliphatic heterocycles. The molecule has 0 unspecified atom stereocenters. The van der Waals surface area contributed by atoms with Gasteiger partial charge in [-0.05, 0) is 43.3 Å². The van der Waals surface area contributed by atoms with Crippen molar-refractivity contribution in [1.29, 1.82) is 0 Å². The molecule has 0 bridgehead atoms. The van der Waals surface area contributed by atoms with Crippen molar-refractivity contribution >= 4 is 21.4 Å². The Morgan fingerprint density at radius 1 is 1.22 bits per heavy atom. The van der Waals surface area contributed by atoms with E-state index in [2.05, 4.69) is 4.72 Å². The van der Waals surface area contributed by atoms with Gasteiger partial charge >= 0.3 is 5.69 Å².